The Hall–Kier alpha value is -0.286. The molecule has 0 bridgehead atoms. The molecule has 0 saturated carbocycles. The van der Waals surface area contributed by atoms with E-state index in [1.54, 1.807) is 0 Å². The van der Waals surface area contributed by atoms with Gasteiger partial charge in [0.2, 0.25) is 10.0 Å². The van der Waals surface area contributed by atoms with Gasteiger partial charge in [-0.1, -0.05) is 13.8 Å². The van der Waals surface area contributed by atoms with E-state index >= 15 is 0 Å². The van der Waals surface area contributed by atoms with Crippen molar-refractivity contribution in [2.75, 3.05) is 13.1 Å². The van der Waals surface area contributed by atoms with Crippen LogP contribution in [-0.2, 0) is 10.0 Å². The van der Waals surface area contributed by atoms with Crippen LogP contribution in [0.5, 0.6) is 0 Å². The van der Waals surface area contributed by atoms with Crippen molar-refractivity contribution in [3.05, 3.63) is 29.8 Å². The molecule has 0 atom stereocenters. The number of sulfonamides is 1. The quantitative estimate of drug-likeness (QED) is 0.535. The number of carboxylic acid groups (broad SMARTS) is 1. The third-order valence-electron chi connectivity index (χ3n) is 2.69. The Morgan fingerprint density at radius 2 is 1.39 bits per heavy atom. The van der Waals surface area contributed by atoms with Crippen molar-refractivity contribution in [2.24, 2.45) is 0 Å². The third kappa shape index (κ3) is 8.39. The van der Waals surface area contributed by atoms with Crippen molar-refractivity contribution in [1.29, 1.82) is 0 Å². The number of rotatable bonds is 7. The van der Waals surface area contributed by atoms with E-state index in [9.17, 15) is 13.2 Å². The number of carbonyl (C=O) groups is 1. The summed E-state index contributed by atoms with van der Waals surface area (Å²) >= 11 is 0. The number of nitrogens with zero attached hydrogens (tertiary/aromatic N) is 1. The van der Waals surface area contributed by atoms with E-state index < -0.39 is 16.0 Å². The average molecular weight is 508 g/mol. The van der Waals surface area contributed by atoms with Crippen LogP contribution in [0, 0.1) is 36.9 Å². The first-order valence-corrected chi connectivity index (χ1v) is 7.71. The largest absolute Gasteiger partial charge is 0.478 e. The Morgan fingerprint density at radius 3 is 1.70 bits per heavy atom. The minimum atomic E-state index is -3.53. The molecule has 10 heteroatoms. The molecular weight excluding hydrogens is 483 g/mol. The van der Waals surface area contributed by atoms with E-state index in [0.29, 0.717) is 13.1 Å². The zero-order valence-corrected chi connectivity index (χ0v) is 15.5. The van der Waals surface area contributed by atoms with E-state index in [1.165, 1.54) is 28.6 Å². The minimum Gasteiger partial charge on any atom is -0.478 e. The molecule has 23 heavy (non-hydrogen) atoms. The van der Waals surface area contributed by atoms with Gasteiger partial charge in [0.15, 0.2) is 0 Å². The fourth-order valence-electron chi connectivity index (χ4n) is 1.77. The summed E-state index contributed by atoms with van der Waals surface area (Å²) in [5.41, 5.74) is 0.0801. The van der Waals surface area contributed by atoms with Crippen LogP contribution in [0.3, 0.4) is 0 Å². The number of carboxylic acids is 1. The van der Waals surface area contributed by atoms with Gasteiger partial charge in [0.05, 0.1) is 10.5 Å². The second-order valence-corrected chi connectivity index (χ2v) is 6.17. The molecule has 0 saturated heterocycles. The normalized spacial score (nSPS) is 9.70. The second-order valence-electron chi connectivity index (χ2n) is 4.23. The van der Waals surface area contributed by atoms with Crippen LogP contribution >= 0.6 is 0 Å². The molecule has 0 aromatic heterocycles. The van der Waals surface area contributed by atoms with Crippen molar-refractivity contribution in [1.82, 2.24) is 4.31 Å². The molecule has 0 fully saturated rings. The maximum Gasteiger partial charge on any atom is 0.335 e. The molecule has 0 aliphatic rings. The molecular formula is C13H25NO7STm. The predicted octanol–water partition coefficient (Wildman–Crippen LogP) is -0.279. The van der Waals surface area contributed by atoms with Gasteiger partial charge in [-0.05, 0) is 37.1 Å². The van der Waals surface area contributed by atoms with E-state index in [0.717, 1.165) is 12.8 Å². The van der Waals surface area contributed by atoms with Crippen molar-refractivity contribution in [2.45, 2.75) is 31.6 Å². The Kier molecular flexibility index (Phi) is 18.7. The summed E-state index contributed by atoms with van der Waals surface area (Å²) in [6, 6.07) is 5.31. The Bertz CT molecular complexity index is 528. The number of hydrogen-bond acceptors (Lipinski definition) is 3. The predicted molar refractivity (Wildman–Crippen MR) is 83.6 cm³/mol. The smallest absolute Gasteiger partial charge is 0.335 e. The summed E-state index contributed by atoms with van der Waals surface area (Å²) in [6.07, 6.45) is 1.48. The fourth-order valence-corrected chi connectivity index (χ4v) is 3.39. The van der Waals surface area contributed by atoms with Crippen LogP contribution in [0.15, 0.2) is 29.2 Å². The molecule has 0 unspecified atom stereocenters. The van der Waals surface area contributed by atoms with Crippen LogP contribution in [0.1, 0.15) is 37.0 Å². The first kappa shape index (κ1) is 30.6. The third-order valence-corrected chi connectivity index (χ3v) is 4.60. The van der Waals surface area contributed by atoms with Crippen LogP contribution in [0.4, 0.5) is 0 Å². The van der Waals surface area contributed by atoms with E-state index in [1.807, 2.05) is 13.8 Å². The molecule has 0 aliphatic heterocycles. The van der Waals surface area contributed by atoms with Gasteiger partial charge in [0.1, 0.15) is 0 Å². The Labute approximate surface area is 165 Å². The summed E-state index contributed by atoms with van der Waals surface area (Å²) in [5, 5.41) is 8.80. The maximum atomic E-state index is 12.4. The van der Waals surface area contributed by atoms with Crippen LogP contribution in [0.25, 0.3) is 0 Å². The molecule has 0 aliphatic carbocycles. The molecule has 0 heterocycles. The molecule has 1 radical (unpaired) electrons. The second kappa shape index (κ2) is 14.1. The summed E-state index contributed by atoms with van der Waals surface area (Å²) in [5.74, 6) is -1.07. The fraction of sp³-hybridized carbons (Fsp3) is 0.462. The minimum absolute atomic E-state index is 0. The number of hydrogen-bond donors (Lipinski definition) is 1. The summed E-state index contributed by atoms with van der Waals surface area (Å²) < 4.78 is 26.2. The first-order valence-electron chi connectivity index (χ1n) is 6.27. The SMILES string of the molecule is CCCN(CCC)S(=O)(=O)c1ccc(C(=O)O)cc1.O.O.O.[Tm]. The monoisotopic (exact) mass is 508 g/mol. The topological polar surface area (TPSA) is 169 Å². The van der Waals surface area contributed by atoms with Gasteiger partial charge in [-0.3, -0.25) is 0 Å². The Balaban J connectivity index is -0.000000451. The van der Waals surface area contributed by atoms with Gasteiger partial charge in [0, 0.05) is 50.0 Å². The van der Waals surface area contributed by atoms with Gasteiger partial charge in [0.25, 0.3) is 0 Å². The van der Waals surface area contributed by atoms with Crippen molar-refractivity contribution in [3.63, 3.8) is 0 Å². The molecule has 1 rings (SSSR count). The zero-order valence-electron chi connectivity index (χ0n) is 12.9. The van der Waals surface area contributed by atoms with E-state index in [2.05, 4.69) is 0 Å². The number of benzene rings is 1. The van der Waals surface area contributed by atoms with Crippen molar-refractivity contribution in [3.8, 4) is 0 Å². The zero-order chi connectivity index (χ0) is 14.5. The van der Waals surface area contributed by atoms with Gasteiger partial charge >= 0.3 is 5.97 Å². The Morgan fingerprint density at radius 1 is 1.00 bits per heavy atom. The van der Waals surface area contributed by atoms with E-state index in [4.69, 9.17) is 5.11 Å². The molecule has 0 spiro atoms. The molecule has 8 nitrogen and oxygen atoms in total. The summed E-state index contributed by atoms with van der Waals surface area (Å²) in [4.78, 5) is 10.9. The average Bonchev–Trinajstić information content (AvgIpc) is 2.38. The molecule has 1 aromatic carbocycles. The van der Waals surface area contributed by atoms with Gasteiger partial charge in [-0.25, -0.2) is 13.2 Å². The van der Waals surface area contributed by atoms with Gasteiger partial charge in [-0.2, -0.15) is 4.31 Å². The van der Waals surface area contributed by atoms with Crippen molar-refractivity contribution >= 4 is 16.0 Å². The molecule has 7 N–H and O–H groups in total. The van der Waals surface area contributed by atoms with Gasteiger partial charge in [-0.15, -0.1) is 0 Å². The van der Waals surface area contributed by atoms with Gasteiger partial charge < -0.3 is 21.5 Å². The molecule has 1 aromatic rings. The van der Waals surface area contributed by atoms with Crippen LogP contribution in [0.2, 0.25) is 0 Å². The standard InChI is InChI=1S/C13H19NO4S.3H2O.Tm/c1-3-9-14(10-4-2)19(17,18)12-7-5-11(6-8-12)13(15)16;;;;/h5-8H,3-4,9-10H2,1-2H3,(H,15,16);3*1H2;. The summed E-state index contributed by atoms with van der Waals surface area (Å²) in [7, 11) is -3.53. The first-order chi connectivity index (χ1) is 8.93. The van der Waals surface area contributed by atoms with Crippen LogP contribution in [-0.4, -0.2) is 53.3 Å². The van der Waals surface area contributed by atoms with E-state index in [-0.39, 0.29) is 63.8 Å². The molecule has 143 valence electrons. The molecule has 0 amide bonds. The summed E-state index contributed by atoms with van der Waals surface area (Å²) in [6.45, 7) is 4.78. The number of aromatic carboxylic acids is 1. The maximum absolute atomic E-state index is 12.4. The van der Waals surface area contributed by atoms with Crippen molar-refractivity contribution < 1.29 is 71.6 Å². The van der Waals surface area contributed by atoms with Crippen LogP contribution < -0.4 is 0 Å².